The standard InChI is InChI=1S/C14H16N2O6/c1-20-12-10-13(18)15-8-3-4-22-6-9(8)16(10)5-7(11(12)17)14(19)21-2/h5,8-9H,3-4,6H2,1-2H3,(H,15,18). The molecule has 22 heavy (non-hydrogen) atoms. The first-order valence-electron chi connectivity index (χ1n) is 6.88. The van der Waals surface area contributed by atoms with E-state index in [2.05, 4.69) is 10.1 Å². The molecule has 2 aliphatic rings. The third kappa shape index (κ3) is 2.07. The van der Waals surface area contributed by atoms with E-state index < -0.39 is 17.3 Å². The zero-order valence-corrected chi connectivity index (χ0v) is 12.3. The number of nitrogens with zero attached hydrogens (tertiary/aromatic N) is 1. The fourth-order valence-corrected chi connectivity index (χ4v) is 2.94. The van der Waals surface area contributed by atoms with Gasteiger partial charge in [-0.2, -0.15) is 0 Å². The van der Waals surface area contributed by atoms with Crippen LogP contribution in [0.3, 0.4) is 0 Å². The van der Waals surface area contributed by atoms with E-state index in [9.17, 15) is 14.4 Å². The minimum Gasteiger partial charge on any atom is -0.491 e. The van der Waals surface area contributed by atoms with Gasteiger partial charge in [0.05, 0.1) is 32.9 Å². The van der Waals surface area contributed by atoms with Gasteiger partial charge < -0.3 is 24.1 Å². The lowest BCUT2D eigenvalue weighted by atomic mass is 9.98. The first-order chi connectivity index (χ1) is 10.6. The number of carbonyl (C=O) groups excluding carboxylic acids is 2. The van der Waals surface area contributed by atoms with Gasteiger partial charge in [-0.3, -0.25) is 9.59 Å². The van der Waals surface area contributed by atoms with E-state index in [4.69, 9.17) is 9.47 Å². The number of aromatic nitrogens is 1. The summed E-state index contributed by atoms with van der Waals surface area (Å²) in [5.41, 5.74) is -0.722. The molecule has 0 spiro atoms. The van der Waals surface area contributed by atoms with E-state index in [1.165, 1.54) is 20.4 Å². The molecule has 1 amide bonds. The van der Waals surface area contributed by atoms with Crippen LogP contribution >= 0.6 is 0 Å². The largest absolute Gasteiger partial charge is 0.491 e. The minimum absolute atomic E-state index is 0.104. The topological polar surface area (TPSA) is 95.9 Å². The Balaban J connectivity index is 2.24. The molecule has 1 aromatic rings. The van der Waals surface area contributed by atoms with Gasteiger partial charge in [-0.15, -0.1) is 0 Å². The predicted molar refractivity (Wildman–Crippen MR) is 74.3 cm³/mol. The molecule has 2 unspecified atom stereocenters. The molecule has 1 aromatic heterocycles. The van der Waals surface area contributed by atoms with Gasteiger partial charge in [0.25, 0.3) is 5.91 Å². The summed E-state index contributed by atoms with van der Waals surface area (Å²) in [4.78, 5) is 36.4. The first-order valence-corrected chi connectivity index (χ1v) is 6.88. The lowest BCUT2D eigenvalue weighted by molar-refractivity contribution is 0.0267. The number of amides is 1. The van der Waals surface area contributed by atoms with Gasteiger partial charge in [-0.1, -0.05) is 0 Å². The molecule has 0 radical (unpaired) electrons. The first kappa shape index (κ1) is 14.6. The minimum atomic E-state index is -0.766. The second-order valence-corrected chi connectivity index (χ2v) is 5.16. The molecule has 8 nitrogen and oxygen atoms in total. The predicted octanol–water partition coefficient (Wildman–Crippen LogP) is -0.283. The van der Waals surface area contributed by atoms with Gasteiger partial charge in [0, 0.05) is 12.8 Å². The lowest BCUT2D eigenvalue weighted by Gasteiger charge is -2.39. The Morgan fingerprint density at radius 2 is 2.18 bits per heavy atom. The molecule has 0 aromatic carbocycles. The summed E-state index contributed by atoms with van der Waals surface area (Å²) in [6, 6.07) is -0.300. The van der Waals surface area contributed by atoms with Crippen LogP contribution in [-0.4, -0.2) is 49.9 Å². The van der Waals surface area contributed by atoms with Crippen LogP contribution in [0.25, 0.3) is 0 Å². The Morgan fingerprint density at radius 1 is 1.41 bits per heavy atom. The number of hydrogen-bond donors (Lipinski definition) is 1. The lowest BCUT2D eigenvalue weighted by Crippen LogP contribution is -2.52. The van der Waals surface area contributed by atoms with E-state index in [0.717, 1.165) is 0 Å². The van der Waals surface area contributed by atoms with Crippen LogP contribution in [0.5, 0.6) is 5.75 Å². The molecular weight excluding hydrogens is 292 g/mol. The van der Waals surface area contributed by atoms with Gasteiger partial charge in [0.2, 0.25) is 5.43 Å². The molecule has 2 atom stereocenters. The Labute approximate surface area is 126 Å². The van der Waals surface area contributed by atoms with Gasteiger partial charge in [-0.05, 0) is 6.42 Å². The second-order valence-electron chi connectivity index (χ2n) is 5.16. The number of carbonyl (C=O) groups is 2. The SMILES string of the molecule is COC(=O)c1cn2c(c(OC)c1=O)C(=O)NC1CCOCC12. The van der Waals surface area contributed by atoms with Crippen molar-refractivity contribution in [2.75, 3.05) is 27.4 Å². The molecule has 1 N–H and O–H groups in total. The molecule has 8 heteroatoms. The van der Waals surface area contributed by atoms with Crippen LogP contribution in [0, 0.1) is 0 Å². The summed E-state index contributed by atoms with van der Waals surface area (Å²) in [6.45, 7) is 0.933. The van der Waals surface area contributed by atoms with E-state index in [1.54, 1.807) is 4.57 Å². The number of ether oxygens (including phenoxy) is 3. The Kier molecular flexibility index (Phi) is 3.61. The number of rotatable bonds is 2. The third-order valence-electron chi connectivity index (χ3n) is 4.02. The smallest absolute Gasteiger partial charge is 0.343 e. The van der Waals surface area contributed by atoms with E-state index in [1.807, 2.05) is 0 Å². The molecule has 0 aliphatic carbocycles. The zero-order valence-electron chi connectivity index (χ0n) is 12.3. The van der Waals surface area contributed by atoms with E-state index >= 15 is 0 Å². The maximum Gasteiger partial charge on any atom is 0.343 e. The summed E-state index contributed by atoms with van der Waals surface area (Å²) in [5.74, 6) is -1.32. The zero-order chi connectivity index (χ0) is 15.9. The van der Waals surface area contributed by atoms with E-state index in [-0.39, 0.29) is 29.1 Å². The summed E-state index contributed by atoms with van der Waals surface area (Å²) in [7, 11) is 2.48. The van der Waals surface area contributed by atoms with Crippen molar-refractivity contribution in [1.82, 2.24) is 9.88 Å². The van der Waals surface area contributed by atoms with Gasteiger partial charge >= 0.3 is 5.97 Å². The maximum absolute atomic E-state index is 12.3. The van der Waals surface area contributed by atoms with Crippen LogP contribution in [-0.2, 0) is 9.47 Å². The molecule has 1 fully saturated rings. The van der Waals surface area contributed by atoms with Crippen molar-refractivity contribution in [2.24, 2.45) is 0 Å². The van der Waals surface area contributed by atoms with Crippen molar-refractivity contribution >= 4 is 11.9 Å². The highest BCUT2D eigenvalue weighted by Gasteiger charge is 2.38. The van der Waals surface area contributed by atoms with E-state index in [0.29, 0.717) is 19.6 Å². The normalized spacial score (nSPS) is 23.1. The molecule has 3 heterocycles. The van der Waals surface area contributed by atoms with Gasteiger partial charge in [-0.25, -0.2) is 4.79 Å². The summed E-state index contributed by atoms with van der Waals surface area (Å²) < 4.78 is 16.8. The third-order valence-corrected chi connectivity index (χ3v) is 4.02. The van der Waals surface area contributed by atoms with Crippen molar-refractivity contribution in [2.45, 2.75) is 18.5 Å². The Morgan fingerprint density at radius 3 is 2.86 bits per heavy atom. The monoisotopic (exact) mass is 308 g/mol. The maximum atomic E-state index is 12.3. The molecule has 2 aliphatic heterocycles. The van der Waals surface area contributed by atoms with Crippen LogP contribution < -0.4 is 15.5 Å². The molecule has 1 saturated heterocycles. The molecule has 118 valence electrons. The fraction of sp³-hybridized carbons (Fsp3) is 0.500. The fourth-order valence-electron chi connectivity index (χ4n) is 2.94. The number of methoxy groups -OCH3 is 2. The Hall–Kier alpha value is -2.35. The second kappa shape index (κ2) is 5.45. The van der Waals surface area contributed by atoms with Crippen molar-refractivity contribution in [3.63, 3.8) is 0 Å². The van der Waals surface area contributed by atoms with Crippen LogP contribution in [0.1, 0.15) is 33.3 Å². The molecule has 0 saturated carbocycles. The number of fused-ring (bicyclic) bond motifs is 3. The number of nitrogens with one attached hydrogen (secondary N) is 1. The molecule has 3 rings (SSSR count). The quantitative estimate of drug-likeness (QED) is 0.755. The average Bonchev–Trinajstić information content (AvgIpc) is 2.54. The number of pyridine rings is 1. The van der Waals surface area contributed by atoms with Crippen molar-refractivity contribution < 1.29 is 23.8 Å². The van der Waals surface area contributed by atoms with Crippen molar-refractivity contribution in [3.8, 4) is 5.75 Å². The number of esters is 1. The van der Waals surface area contributed by atoms with Crippen molar-refractivity contribution in [1.29, 1.82) is 0 Å². The van der Waals surface area contributed by atoms with Crippen LogP contribution in [0.4, 0.5) is 0 Å². The highest BCUT2D eigenvalue weighted by molar-refractivity contribution is 5.98. The average molecular weight is 308 g/mol. The summed E-state index contributed by atoms with van der Waals surface area (Å²) in [6.07, 6.45) is 2.02. The summed E-state index contributed by atoms with van der Waals surface area (Å²) in [5, 5.41) is 2.86. The van der Waals surface area contributed by atoms with Crippen molar-refractivity contribution in [3.05, 3.63) is 27.7 Å². The highest BCUT2D eigenvalue weighted by Crippen LogP contribution is 2.29. The van der Waals surface area contributed by atoms with Crippen LogP contribution in [0.15, 0.2) is 11.0 Å². The van der Waals surface area contributed by atoms with Gasteiger partial charge in [0.1, 0.15) is 5.56 Å². The Bertz CT molecular complexity index is 695. The van der Waals surface area contributed by atoms with Gasteiger partial charge in [0.15, 0.2) is 11.4 Å². The van der Waals surface area contributed by atoms with Crippen LogP contribution in [0.2, 0.25) is 0 Å². The summed E-state index contributed by atoms with van der Waals surface area (Å²) >= 11 is 0. The number of hydrogen-bond acceptors (Lipinski definition) is 6. The molecule has 0 bridgehead atoms. The molecular formula is C14H16N2O6. The highest BCUT2D eigenvalue weighted by atomic mass is 16.5.